The smallest absolute Gasteiger partial charge is 0.339 e. The SMILES string of the molecule is COCCC[Si](C)(C)O[Si](C)(C)CCCOCCOC(=O)CCC(=O)OCCOC(=O)c1cc2ccc(N(C)C)cc2c2c1C=CC(c1ccc(N(C)C)cc1)(c1ccc(N(C)C)cc1)O2. The van der Waals surface area contributed by atoms with E-state index in [1.807, 2.05) is 77.5 Å². The predicted molar refractivity (Wildman–Crippen MR) is 269 cm³/mol. The Bertz CT molecular complexity index is 2230. The molecule has 0 aliphatic carbocycles. The summed E-state index contributed by atoms with van der Waals surface area (Å²) in [6.07, 6.45) is 5.55. The Labute approximate surface area is 394 Å². The molecule has 0 amide bonds. The van der Waals surface area contributed by atoms with Crippen LogP contribution in [-0.2, 0) is 43.0 Å². The van der Waals surface area contributed by atoms with Crippen LogP contribution < -0.4 is 19.4 Å². The summed E-state index contributed by atoms with van der Waals surface area (Å²) < 4.78 is 41.1. The Morgan fingerprint density at radius 2 is 1.11 bits per heavy atom. The molecule has 13 nitrogen and oxygen atoms in total. The van der Waals surface area contributed by atoms with Crippen LogP contribution in [0, 0.1) is 0 Å². The molecular formula is C51H71N3O10Si2. The average Bonchev–Trinajstić information content (AvgIpc) is 3.28. The van der Waals surface area contributed by atoms with E-state index in [0.717, 1.165) is 70.5 Å². The summed E-state index contributed by atoms with van der Waals surface area (Å²) in [5.41, 5.74) is 4.80. The van der Waals surface area contributed by atoms with E-state index in [1.165, 1.54) is 0 Å². The van der Waals surface area contributed by atoms with Crippen molar-refractivity contribution in [3.8, 4) is 5.75 Å². The van der Waals surface area contributed by atoms with Gasteiger partial charge >= 0.3 is 17.9 Å². The van der Waals surface area contributed by atoms with Crippen LogP contribution in [0.25, 0.3) is 16.8 Å². The van der Waals surface area contributed by atoms with Gasteiger partial charge in [-0.1, -0.05) is 30.3 Å². The van der Waals surface area contributed by atoms with Gasteiger partial charge in [-0.25, -0.2) is 4.79 Å². The van der Waals surface area contributed by atoms with Gasteiger partial charge in [0.2, 0.25) is 0 Å². The third kappa shape index (κ3) is 14.2. The highest BCUT2D eigenvalue weighted by Gasteiger charge is 2.39. The van der Waals surface area contributed by atoms with Gasteiger partial charge < -0.3 is 47.2 Å². The van der Waals surface area contributed by atoms with Gasteiger partial charge in [0.1, 0.15) is 25.6 Å². The van der Waals surface area contributed by atoms with Gasteiger partial charge in [0, 0.05) is 102 Å². The second-order valence-electron chi connectivity index (χ2n) is 18.5. The highest BCUT2D eigenvalue weighted by atomic mass is 28.4. The third-order valence-corrected chi connectivity index (χ3v) is 19.1. The maximum absolute atomic E-state index is 13.9. The molecule has 0 spiro atoms. The second-order valence-corrected chi connectivity index (χ2v) is 27.4. The maximum atomic E-state index is 13.9. The number of carbonyl (C=O) groups excluding carboxylic acids is 3. The van der Waals surface area contributed by atoms with Crippen LogP contribution in [0.3, 0.4) is 0 Å². The van der Waals surface area contributed by atoms with Gasteiger partial charge in [-0.2, -0.15) is 0 Å². The number of anilines is 3. The van der Waals surface area contributed by atoms with Gasteiger partial charge in [0.05, 0.1) is 25.0 Å². The number of fused-ring (bicyclic) bond motifs is 3. The average molecular weight is 942 g/mol. The summed E-state index contributed by atoms with van der Waals surface area (Å²) in [5.74, 6) is -1.15. The Morgan fingerprint density at radius 3 is 1.64 bits per heavy atom. The highest BCUT2D eigenvalue weighted by Crippen LogP contribution is 2.47. The number of nitrogens with zero attached hydrogens (tertiary/aromatic N) is 3. The molecule has 4 aromatic rings. The summed E-state index contributed by atoms with van der Waals surface area (Å²) in [5, 5.41) is 1.64. The molecule has 0 N–H and O–H groups in total. The lowest BCUT2D eigenvalue weighted by molar-refractivity contribution is -0.151. The zero-order chi connectivity index (χ0) is 48.1. The minimum atomic E-state index is -1.81. The molecule has 4 aromatic carbocycles. The minimum Gasteiger partial charge on any atom is -0.472 e. The molecule has 0 saturated heterocycles. The van der Waals surface area contributed by atoms with Crippen molar-refractivity contribution in [1.82, 2.24) is 0 Å². The number of rotatable bonds is 25. The molecular weight excluding hydrogens is 871 g/mol. The molecule has 0 atom stereocenters. The van der Waals surface area contributed by atoms with E-state index in [4.69, 9.17) is 32.5 Å². The van der Waals surface area contributed by atoms with E-state index in [-0.39, 0.29) is 39.3 Å². The summed E-state index contributed by atoms with van der Waals surface area (Å²) >= 11 is 0. The van der Waals surface area contributed by atoms with E-state index in [1.54, 1.807) is 7.11 Å². The quantitative estimate of drug-likeness (QED) is 0.0272. The van der Waals surface area contributed by atoms with E-state index in [9.17, 15) is 14.4 Å². The van der Waals surface area contributed by atoms with Gasteiger partial charge in [-0.15, -0.1) is 0 Å². The molecule has 1 heterocycles. The fraction of sp³-hybridized carbons (Fsp3) is 0.471. The molecule has 15 heteroatoms. The van der Waals surface area contributed by atoms with Crippen molar-refractivity contribution in [1.29, 1.82) is 0 Å². The first-order valence-electron chi connectivity index (χ1n) is 22.8. The summed E-state index contributed by atoms with van der Waals surface area (Å²) in [6.45, 7) is 10.4. The largest absolute Gasteiger partial charge is 0.472 e. The van der Waals surface area contributed by atoms with E-state index >= 15 is 0 Å². The van der Waals surface area contributed by atoms with Crippen LogP contribution in [0.4, 0.5) is 17.1 Å². The number of hydrogen-bond acceptors (Lipinski definition) is 13. The van der Waals surface area contributed by atoms with Crippen molar-refractivity contribution < 1.29 is 46.9 Å². The number of hydrogen-bond donors (Lipinski definition) is 0. The van der Waals surface area contributed by atoms with E-state index < -0.39 is 40.1 Å². The number of carbonyl (C=O) groups is 3. The molecule has 0 aromatic heterocycles. The van der Waals surface area contributed by atoms with Crippen molar-refractivity contribution in [3.63, 3.8) is 0 Å². The van der Waals surface area contributed by atoms with E-state index in [0.29, 0.717) is 23.5 Å². The molecule has 1 aliphatic heterocycles. The zero-order valence-electron chi connectivity index (χ0n) is 41.0. The predicted octanol–water partition coefficient (Wildman–Crippen LogP) is 9.28. The fourth-order valence-corrected chi connectivity index (χ4v) is 16.9. The molecule has 0 radical (unpaired) electrons. The van der Waals surface area contributed by atoms with Gasteiger partial charge in [-0.05, 0) is 111 Å². The summed E-state index contributed by atoms with van der Waals surface area (Å²) in [6, 6.07) is 26.5. The maximum Gasteiger partial charge on any atom is 0.339 e. The normalized spacial score (nSPS) is 13.1. The van der Waals surface area contributed by atoms with Crippen LogP contribution in [0.2, 0.25) is 38.3 Å². The molecule has 5 rings (SSSR count). The third-order valence-electron chi connectivity index (χ3n) is 11.6. The zero-order valence-corrected chi connectivity index (χ0v) is 43.0. The van der Waals surface area contributed by atoms with Crippen molar-refractivity contribution in [2.24, 2.45) is 0 Å². The van der Waals surface area contributed by atoms with Gasteiger partial charge in [0.15, 0.2) is 22.2 Å². The molecule has 66 heavy (non-hydrogen) atoms. The summed E-state index contributed by atoms with van der Waals surface area (Å²) in [4.78, 5) is 44.8. The van der Waals surface area contributed by atoms with Gasteiger partial charge in [-0.3, -0.25) is 9.59 Å². The molecule has 0 fully saturated rings. The molecule has 358 valence electrons. The summed E-state index contributed by atoms with van der Waals surface area (Å²) in [7, 11) is 10.2. The molecule has 1 aliphatic rings. The number of esters is 3. The molecule has 0 unspecified atom stereocenters. The second kappa shape index (κ2) is 23.5. The Balaban J connectivity index is 1.16. The Kier molecular flexibility index (Phi) is 18.4. The van der Waals surface area contributed by atoms with E-state index in [2.05, 4.69) is 90.6 Å². The lowest BCUT2D eigenvalue weighted by Crippen LogP contribution is -2.44. The first-order chi connectivity index (χ1) is 31.3. The fourth-order valence-electron chi connectivity index (χ4n) is 8.10. The number of benzene rings is 4. The topological polar surface area (TPSA) is 126 Å². The molecule has 0 saturated carbocycles. The Morgan fingerprint density at radius 1 is 0.606 bits per heavy atom. The number of ether oxygens (including phenoxy) is 6. The first kappa shape index (κ1) is 51.8. The monoisotopic (exact) mass is 941 g/mol. The minimum absolute atomic E-state index is 0.102. The van der Waals surface area contributed by atoms with Crippen molar-refractivity contribution in [2.75, 3.05) is 104 Å². The first-order valence-corrected chi connectivity index (χ1v) is 29.0. The van der Waals surface area contributed by atoms with Crippen LogP contribution in [0.1, 0.15) is 52.7 Å². The van der Waals surface area contributed by atoms with Crippen molar-refractivity contribution >= 4 is 68.5 Å². The lowest BCUT2D eigenvalue weighted by Gasteiger charge is -2.37. The van der Waals surface area contributed by atoms with Crippen LogP contribution in [0.15, 0.2) is 78.9 Å². The number of methoxy groups -OCH3 is 1. The molecule has 0 bridgehead atoms. The lowest BCUT2D eigenvalue weighted by atomic mass is 9.82. The van der Waals surface area contributed by atoms with Crippen molar-refractivity contribution in [2.45, 2.75) is 69.6 Å². The van der Waals surface area contributed by atoms with Gasteiger partial charge in [0.25, 0.3) is 0 Å². The van der Waals surface area contributed by atoms with Crippen LogP contribution in [-0.4, -0.2) is 124 Å². The standard InChI is InChI=1S/C51H71N3O10Si2/c1-52(2)41-20-15-39(16-21-41)51(40-17-22-42(23-18-40)53(3)4)27-26-44-46(36-38-14-19-43(54(5)6)37-45(38)49(44)63-51)50(57)62-33-32-61-48(56)25-24-47(55)60-31-30-59-29-13-35-66(10,11)64-65(8,9)34-12-28-58-7/h14-23,26-27,36-37H,12-13,24-25,28-35H2,1-11H3. The Hall–Kier alpha value is -5.20. The van der Waals surface area contributed by atoms with Crippen molar-refractivity contribution in [3.05, 3.63) is 101 Å². The van der Waals surface area contributed by atoms with Crippen LogP contribution in [0.5, 0.6) is 5.75 Å². The highest BCUT2D eigenvalue weighted by molar-refractivity contribution is 6.84. The van der Waals surface area contributed by atoms with Crippen LogP contribution >= 0.6 is 0 Å².